The van der Waals surface area contributed by atoms with Crippen molar-refractivity contribution in [3.05, 3.63) is 12.2 Å². The van der Waals surface area contributed by atoms with E-state index in [2.05, 4.69) is 41.2 Å². The van der Waals surface area contributed by atoms with Gasteiger partial charge in [-0.25, -0.2) is 0 Å². The first-order valence-electron chi connectivity index (χ1n) is 14.4. The Hall–Kier alpha value is -0.830. The van der Waals surface area contributed by atoms with E-state index in [1.54, 1.807) is 6.92 Å². The van der Waals surface area contributed by atoms with E-state index in [-0.39, 0.29) is 11.5 Å². The predicted octanol–water partition coefficient (Wildman–Crippen LogP) is 7.48. The molecule has 34 heavy (non-hydrogen) atoms. The van der Waals surface area contributed by atoms with Gasteiger partial charge in [0.2, 0.25) is 0 Å². The van der Waals surface area contributed by atoms with Crippen molar-refractivity contribution >= 4 is 5.97 Å². The molecule has 3 nitrogen and oxygen atoms in total. The van der Waals surface area contributed by atoms with E-state index >= 15 is 0 Å². The molecule has 5 aliphatic carbocycles. The van der Waals surface area contributed by atoms with E-state index in [0.29, 0.717) is 33.5 Å². The highest BCUT2D eigenvalue weighted by Gasteiger charge is 2.82. The van der Waals surface area contributed by atoms with Gasteiger partial charge in [-0.2, -0.15) is 0 Å². The smallest absolute Gasteiger partial charge is 0.310 e. The van der Waals surface area contributed by atoms with Crippen LogP contribution in [-0.4, -0.2) is 22.3 Å². The first-order chi connectivity index (χ1) is 15.8. The topological polar surface area (TPSA) is 57.5 Å². The van der Waals surface area contributed by atoms with Gasteiger partial charge in [-0.15, -0.1) is 0 Å². The molecule has 5 saturated carbocycles. The van der Waals surface area contributed by atoms with Crippen LogP contribution in [0, 0.1) is 56.7 Å². The zero-order valence-corrected chi connectivity index (χ0v) is 22.8. The molecule has 0 aromatic carbocycles. The number of aliphatic hydroxyl groups is 1. The highest BCUT2D eigenvalue weighted by molar-refractivity contribution is 5.72. The minimum Gasteiger partial charge on any atom is -0.481 e. The summed E-state index contributed by atoms with van der Waals surface area (Å²) in [6.45, 7) is 18.3. The molecular formula is C31H50O3. The lowest BCUT2D eigenvalue weighted by atomic mass is 9.41. The van der Waals surface area contributed by atoms with Gasteiger partial charge in [0.1, 0.15) is 0 Å². The Balaban J connectivity index is 1.35. The number of carboxylic acid groups (broad SMARTS) is 1. The fraction of sp³-hybridized carbons (Fsp3) is 0.903. The molecule has 1 unspecified atom stereocenters. The summed E-state index contributed by atoms with van der Waals surface area (Å²) in [5.41, 5.74) is 2.82. The molecule has 0 aromatic rings. The Morgan fingerprint density at radius 2 is 1.56 bits per heavy atom. The van der Waals surface area contributed by atoms with Crippen molar-refractivity contribution in [2.45, 2.75) is 118 Å². The second-order valence-electron chi connectivity index (χ2n) is 14.8. The highest BCUT2D eigenvalue weighted by Crippen LogP contribution is 2.89. The van der Waals surface area contributed by atoms with Crippen molar-refractivity contribution in [2.75, 3.05) is 0 Å². The maximum Gasteiger partial charge on any atom is 0.310 e. The number of carbonyl (C=O) groups is 1. The monoisotopic (exact) mass is 470 g/mol. The molecule has 10 atom stereocenters. The molecule has 0 radical (unpaired) electrons. The van der Waals surface area contributed by atoms with E-state index in [1.165, 1.54) is 51.4 Å². The van der Waals surface area contributed by atoms with Crippen LogP contribution in [0.25, 0.3) is 0 Å². The average molecular weight is 471 g/mol. The Kier molecular flexibility index (Phi) is 5.55. The summed E-state index contributed by atoms with van der Waals surface area (Å²) < 4.78 is 0. The second kappa shape index (κ2) is 7.59. The number of hydrogen-bond acceptors (Lipinski definition) is 2. The van der Waals surface area contributed by atoms with Crippen molar-refractivity contribution in [1.29, 1.82) is 0 Å². The summed E-state index contributed by atoms with van der Waals surface area (Å²) in [6, 6.07) is 0. The van der Waals surface area contributed by atoms with Crippen LogP contribution in [0.3, 0.4) is 0 Å². The number of carboxylic acids is 1. The zero-order valence-electron chi connectivity index (χ0n) is 22.8. The molecule has 0 heterocycles. The van der Waals surface area contributed by atoms with Gasteiger partial charge in [-0.1, -0.05) is 46.8 Å². The molecule has 192 valence electrons. The maximum absolute atomic E-state index is 11.4. The lowest BCUT2D eigenvalue weighted by Gasteiger charge is -2.63. The molecular weight excluding hydrogens is 420 g/mol. The third-order valence-electron chi connectivity index (χ3n) is 13.7. The number of aliphatic hydroxyl groups excluding tert-OH is 1. The summed E-state index contributed by atoms with van der Waals surface area (Å²) in [5, 5.41) is 20.2. The number of aliphatic carboxylic acids is 1. The Morgan fingerprint density at radius 1 is 0.912 bits per heavy atom. The molecule has 0 amide bonds. The van der Waals surface area contributed by atoms with Gasteiger partial charge >= 0.3 is 5.97 Å². The van der Waals surface area contributed by atoms with Gasteiger partial charge in [-0.05, 0) is 128 Å². The lowest BCUT2D eigenvalue weighted by molar-refractivity contribution is -0.161. The summed E-state index contributed by atoms with van der Waals surface area (Å²) in [5.74, 6) is 1.71. The standard InChI is InChI=1S/C31H50O3/c1-19(21(3)26(33)34)8-9-20(2)22-12-14-29(7)24-11-10-23-27(4,5)25(32)13-15-30(23)18-31(24,30)17-16-28(22,29)6/h20-25,32H,1,8-18H2,2-7H3,(H,33,34)/t20-,21?,22-,23+,24+,25-,28-,29+,30-,31+/m1/s1. The molecule has 5 aliphatic rings. The van der Waals surface area contributed by atoms with Crippen LogP contribution in [-0.2, 0) is 4.79 Å². The van der Waals surface area contributed by atoms with Crippen molar-refractivity contribution in [2.24, 2.45) is 56.7 Å². The Bertz CT molecular complexity index is 876. The van der Waals surface area contributed by atoms with Gasteiger partial charge < -0.3 is 10.2 Å². The highest BCUT2D eigenvalue weighted by atomic mass is 16.4. The van der Waals surface area contributed by atoms with Crippen LogP contribution in [0.2, 0.25) is 0 Å². The average Bonchev–Trinajstić information content (AvgIpc) is 3.36. The zero-order chi connectivity index (χ0) is 24.9. The molecule has 0 saturated heterocycles. The summed E-state index contributed by atoms with van der Waals surface area (Å²) in [6.07, 6.45) is 13.6. The van der Waals surface area contributed by atoms with Gasteiger partial charge in [-0.3, -0.25) is 4.79 Å². The Morgan fingerprint density at radius 3 is 2.24 bits per heavy atom. The van der Waals surface area contributed by atoms with Crippen LogP contribution in [0.1, 0.15) is 112 Å². The van der Waals surface area contributed by atoms with E-state index < -0.39 is 11.9 Å². The predicted molar refractivity (Wildman–Crippen MR) is 137 cm³/mol. The first kappa shape index (κ1) is 24.8. The molecule has 0 aromatic heterocycles. The van der Waals surface area contributed by atoms with Gasteiger partial charge in [0.15, 0.2) is 0 Å². The fourth-order valence-corrected chi connectivity index (χ4v) is 11.3. The minimum absolute atomic E-state index is 0.0661. The first-order valence-corrected chi connectivity index (χ1v) is 14.4. The Labute approximate surface area is 208 Å². The van der Waals surface area contributed by atoms with Crippen LogP contribution in [0.4, 0.5) is 0 Å². The lowest BCUT2D eigenvalue weighted by Crippen LogP contribution is -2.57. The molecule has 2 N–H and O–H groups in total. The van der Waals surface area contributed by atoms with Crippen LogP contribution in [0.15, 0.2) is 12.2 Å². The van der Waals surface area contributed by atoms with Crippen molar-refractivity contribution < 1.29 is 15.0 Å². The number of rotatable bonds is 6. The third-order valence-corrected chi connectivity index (χ3v) is 13.7. The van der Waals surface area contributed by atoms with Crippen molar-refractivity contribution in [1.82, 2.24) is 0 Å². The molecule has 5 rings (SSSR count). The molecule has 0 aliphatic heterocycles. The van der Waals surface area contributed by atoms with Crippen LogP contribution < -0.4 is 0 Å². The quantitative estimate of drug-likeness (QED) is 0.396. The van der Waals surface area contributed by atoms with Gasteiger partial charge in [0, 0.05) is 0 Å². The van der Waals surface area contributed by atoms with Crippen molar-refractivity contribution in [3.63, 3.8) is 0 Å². The van der Waals surface area contributed by atoms with Crippen LogP contribution >= 0.6 is 0 Å². The van der Waals surface area contributed by atoms with Gasteiger partial charge in [0.25, 0.3) is 0 Å². The maximum atomic E-state index is 11.4. The molecule has 3 heteroatoms. The van der Waals surface area contributed by atoms with E-state index in [1.807, 2.05) is 0 Å². The van der Waals surface area contributed by atoms with Crippen molar-refractivity contribution in [3.8, 4) is 0 Å². The molecule has 0 bridgehead atoms. The SMILES string of the molecule is C=C(CC[C@@H](C)[C@H]1CC[C@@]2(C)[C@@H]3CC[C@H]4C(C)(C)[C@H](O)CC[C@@]45C[C@@]35CC[C@]12C)C(C)C(=O)O. The fourth-order valence-electron chi connectivity index (χ4n) is 11.3. The van der Waals surface area contributed by atoms with Gasteiger partial charge in [0.05, 0.1) is 12.0 Å². The second-order valence-corrected chi connectivity index (χ2v) is 14.8. The molecule has 2 spiro atoms. The molecule has 5 fully saturated rings. The third kappa shape index (κ3) is 2.94. The number of fused-ring (bicyclic) bond motifs is 2. The summed E-state index contributed by atoms with van der Waals surface area (Å²) in [4.78, 5) is 11.4. The number of hydrogen-bond donors (Lipinski definition) is 2. The largest absolute Gasteiger partial charge is 0.481 e. The summed E-state index contributed by atoms with van der Waals surface area (Å²) >= 11 is 0. The normalized spacial score (nSPS) is 50.2. The minimum atomic E-state index is -0.747. The summed E-state index contributed by atoms with van der Waals surface area (Å²) in [7, 11) is 0. The van der Waals surface area contributed by atoms with E-state index in [4.69, 9.17) is 0 Å². The van der Waals surface area contributed by atoms with E-state index in [0.717, 1.165) is 36.7 Å². The van der Waals surface area contributed by atoms with E-state index in [9.17, 15) is 15.0 Å². The van der Waals surface area contributed by atoms with Crippen LogP contribution in [0.5, 0.6) is 0 Å².